The number of aryl methyl sites for hydroxylation is 2. The molecule has 0 bridgehead atoms. The average molecular weight is 406 g/mol. The van der Waals surface area contributed by atoms with Gasteiger partial charge in [0.05, 0.1) is 4.90 Å². The summed E-state index contributed by atoms with van der Waals surface area (Å²) in [6, 6.07) is 5.36. The molecule has 1 aromatic heterocycles. The first kappa shape index (κ1) is 18.6. The Hall–Kier alpha value is -1.80. The number of nitrogens with zero attached hydrogens (tertiary/aromatic N) is 2. The van der Waals surface area contributed by atoms with Crippen molar-refractivity contribution in [3.05, 3.63) is 34.3 Å². The van der Waals surface area contributed by atoms with E-state index in [2.05, 4.69) is 15.5 Å². The van der Waals surface area contributed by atoms with Gasteiger partial charge in [0.15, 0.2) is 14.6 Å². The Balaban J connectivity index is 1.68. The minimum Gasteiger partial charge on any atom is -0.299 e. The Labute approximate surface area is 163 Å². The van der Waals surface area contributed by atoms with Crippen LogP contribution in [0.4, 0.5) is 5.13 Å². The summed E-state index contributed by atoms with van der Waals surface area (Å²) in [5.74, 6) is -0.0216. The quantitative estimate of drug-likeness (QED) is 0.818. The predicted molar refractivity (Wildman–Crippen MR) is 105 cm³/mol. The van der Waals surface area contributed by atoms with Crippen LogP contribution < -0.4 is 5.32 Å². The van der Waals surface area contributed by atoms with Crippen LogP contribution in [-0.4, -0.2) is 29.3 Å². The van der Waals surface area contributed by atoms with Crippen LogP contribution in [0, 0.1) is 13.8 Å². The smallest absolute Gasteiger partial charge is 0.248 e. The maximum absolute atomic E-state index is 13.6. The van der Waals surface area contributed by atoms with Gasteiger partial charge in [0, 0.05) is 5.92 Å². The number of rotatable bonds is 5. The van der Waals surface area contributed by atoms with Gasteiger partial charge >= 0.3 is 0 Å². The zero-order valence-corrected chi connectivity index (χ0v) is 17.1. The van der Waals surface area contributed by atoms with Crippen LogP contribution in [0.3, 0.4) is 0 Å². The Morgan fingerprint density at radius 2 is 1.89 bits per heavy atom. The van der Waals surface area contributed by atoms with Crippen molar-refractivity contribution in [3.8, 4) is 0 Å². The summed E-state index contributed by atoms with van der Waals surface area (Å²) in [4.78, 5) is 13.5. The van der Waals surface area contributed by atoms with E-state index in [-0.39, 0.29) is 4.90 Å². The number of aromatic nitrogens is 2. The molecule has 0 saturated heterocycles. The fourth-order valence-electron chi connectivity index (χ4n) is 3.76. The molecule has 0 atom stereocenters. The van der Waals surface area contributed by atoms with Gasteiger partial charge in [0.25, 0.3) is 0 Å². The molecule has 27 heavy (non-hydrogen) atoms. The standard InChI is InChI=1S/C19H23N3O3S2/c1-12-5-6-13(2)15(11-12)27(24,25)19(9-3-4-10-19)17(23)20-18-22-21-16(26-18)14-7-8-14/h5-6,11,14H,3-4,7-10H2,1-2H3,(H,20,22,23). The summed E-state index contributed by atoms with van der Waals surface area (Å²) in [7, 11) is -3.83. The minimum absolute atomic E-state index is 0.260. The molecule has 1 amide bonds. The highest BCUT2D eigenvalue weighted by atomic mass is 32.2. The van der Waals surface area contributed by atoms with Crippen LogP contribution in [-0.2, 0) is 14.6 Å². The second-order valence-corrected chi connectivity index (χ2v) is 10.9. The summed E-state index contributed by atoms with van der Waals surface area (Å²) in [6.07, 6.45) is 4.33. The molecule has 0 aliphatic heterocycles. The van der Waals surface area contributed by atoms with E-state index in [1.54, 1.807) is 19.1 Å². The van der Waals surface area contributed by atoms with Crippen LogP contribution in [0.25, 0.3) is 0 Å². The molecular formula is C19H23N3O3S2. The van der Waals surface area contributed by atoms with Gasteiger partial charge in [-0.25, -0.2) is 8.42 Å². The van der Waals surface area contributed by atoms with Crippen LogP contribution in [0.2, 0.25) is 0 Å². The fraction of sp³-hybridized carbons (Fsp3) is 0.526. The summed E-state index contributed by atoms with van der Waals surface area (Å²) < 4.78 is 25.7. The second kappa shape index (κ2) is 6.67. The lowest BCUT2D eigenvalue weighted by Gasteiger charge is -2.28. The highest BCUT2D eigenvalue weighted by Gasteiger charge is 2.53. The summed E-state index contributed by atoms with van der Waals surface area (Å²) >= 11 is 1.35. The first-order valence-electron chi connectivity index (χ1n) is 9.30. The van der Waals surface area contributed by atoms with Gasteiger partial charge in [-0.05, 0) is 56.7 Å². The molecule has 0 unspecified atom stereocenters. The number of hydrogen-bond donors (Lipinski definition) is 1. The molecule has 1 N–H and O–H groups in total. The molecular weight excluding hydrogens is 382 g/mol. The second-order valence-electron chi connectivity index (χ2n) is 7.65. The number of hydrogen-bond acceptors (Lipinski definition) is 6. The highest BCUT2D eigenvalue weighted by Crippen LogP contribution is 2.44. The number of anilines is 1. The van der Waals surface area contributed by atoms with Gasteiger partial charge < -0.3 is 0 Å². The van der Waals surface area contributed by atoms with Crippen molar-refractivity contribution in [1.29, 1.82) is 0 Å². The van der Waals surface area contributed by atoms with E-state index >= 15 is 0 Å². The molecule has 0 radical (unpaired) electrons. The van der Waals surface area contributed by atoms with Gasteiger partial charge in [0.2, 0.25) is 11.0 Å². The molecule has 4 rings (SSSR count). The molecule has 2 aromatic rings. The minimum atomic E-state index is -3.83. The molecule has 6 nitrogen and oxygen atoms in total. The predicted octanol–water partition coefficient (Wildman–Crippen LogP) is 3.76. The fourth-order valence-corrected chi connectivity index (χ4v) is 7.05. The monoisotopic (exact) mass is 405 g/mol. The molecule has 1 heterocycles. The molecule has 1 aromatic carbocycles. The topological polar surface area (TPSA) is 89.0 Å². The Morgan fingerprint density at radius 3 is 2.56 bits per heavy atom. The molecule has 2 saturated carbocycles. The number of carbonyl (C=O) groups excluding carboxylic acids is 1. The van der Waals surface area contributed by atoms with E-state index in [9.17, 15) is 13.2 Å². The Kier molecular flexibility index (Phi) is 4.58. The van der Waals surface area contributed by atoms with E-state index in [0.717, 1.165) is 36.3 Å². The van der Waals surface area contributed by atoms with Crippen LogP contribution in [0.5, 0.6) is 0 Å². The molecule has 8 heteroatoms. The number of amides is 1. The first-order chi connectivity index (χ1) is 12.8. The van der Waals surface area contributed by atoms with E-state index < -0.39 is 20.5 Å². The number of carbonyl (C=O) groups is 1. The van der Waals surface area contributed by atoms with Crippen LogP contribution >= 0.6 is 11.3 Å². The van der Waals surface area contributed by atoms with E-state index in [0.29, 0.717) is 29.5 Å². The molecule has 2 fully saturated rings. The van der Waals surface area contributed by atoms with Gasteiger partial charge in [-0.2, -0.15) is 0 Å². The van der Waals surface area contributed by atoms with Crippen LogP contribution in [0.1, 0.15) is 60.6 Å². The van der Waals surface area contributed by atoms with Crippen molar-refractivity contribution in [2.75, 3.05) is 5.32 Å². The average Bonchev–Trinajstić information content (AvgIpc) is 3.16. The van der Waals surface area contributed by atoms with E-state index in [4.69, 9.17) is 0 Å². The summed E-state index contributed by atoms with van der Waals surface area (Å²) in [6.45, 7) is 3.64. The van der Waals surface area contributed by atoms with E-state index in [1.165, 1.54) is 11.3 Å². The van der Waals surface area contributed by atoms with Gasteiger partial charge in [-0.3, -0.25) is 10.1 Å². The van der Waals surface area contributed by atoms with Crippen molar-refractivity contribution in [1.82, 2.24) is 10.2 Å². The third-order valence-electron chi connectivity index (χ3n) is 5.56. The maximum Gasteiger partial charge on any atom is 0.248 e. The Morgan fingerprint density at radius 1 is 1.19 bits per heavy atom. The number of sulfone groups is 1. The summed E-state index contributed by atoms with van der Waals surface area (Å²) in [5, 5.41) is 12.3. The SMILES string of the molecule is Cc1ccc(C)c(S(=O)(=O)C2(C(=O)Nc3nnc(C4CC4)s3)CCCC2)c1. The first-order valence-corrected chi connectivity index (χ1v) is 11.6. The molecule has 2 aliphatic rings. The van der Waals surface area contributed by atoms with Crippen molar-refractivity contribution in [2.45, 2.75) is 67.9 Å². The maximum atomic E-state index is 13.6. The lowest BCUT2D eigenvalue weighted by molar-refractivity contribution is -0.118. The van der Waals surface area contributed by atoms with Gasteiger partial charge in [0.1, 0.15) is 5.01 Å². The normalized spacial score (nSPS) is 19.2. The lowest BCUT2D eigenvalue weighted by Crippen LogP contribution is -2.47. The van der Waals surface area contributed by atoms with Crippen molar-refractivity contribution in [3.63, 3.8) is 0 Å². The van der Waals surface area contributed by atoms with E-state index in [1.807, 2.05) is 13.0 Å². The largest absolute Gasteiger partial charge is 0.299 e. The molecule has 0 spiro atoms. The number of benzene rings is 1. The Bertz CT molecular complexity index is 987. The summed E-state index contributed by atoms with van der Waals surface area (Å²) in [5.41, 5.74) is 1.54. The molecule has 2 aliphatic carbocycles. The number of nitrogens with one attached hydrogen (secondary N) is 1. The molecule has 144 valence electrons. The third kappa shape index (κ3) is 3.18. The van der Waals surface area contributed by atoms with Crippen molar-refractivity contribution in [2.24, 2.45) is 0 Å². The zero-order valence-electron chi connectivity index (χ0n) is 15.5. The van der Waals surface area contributed by atoms with Crippen molar-refractivity contribution >= 4 is 32.2 Å². The van der Waals surface area contributed by atoms with Gasteiger partial charge in [-0.15, -0.1) is 10.2 Å². The van der Waals surface area contributed by atoms with Crippen molar-refractivity contribution < 1.29 is 13.2 Å². The van der Waals surface area contributed by atoms with Crippen LogP contribution in [0.15, 0.2) is 23.1 Å². The highest BCUT2D eigenvalue weighted by molar-refractivity contribution is 7.93. The lowest BCUT2D eigenvalue weighted by atomic mass is 10.1. The zero-order chi connectivity index (χ0) is 19.2. The van der Waals surface area contributed by atoms with Gasteiger partial charge in [-0.1, -0.05) is 36.3 Å². The third-order valence-corrected chi connectivity index (χ3v) is 9.20.